The molecule has 2 saturated heterocycles. The minimum Gasteiger partial charge on any atom is -0.548 e. The first kappa shape index (κ1) is 35.6. The minimum absolute atomic E-state index is 0.167. The molecule has 6 unspecified atom stereocenters. The fourth-order valence-electron chi connectivity index (χ4n) is 6.55. The van der Waals surface area contributed by atoms with Crippen LogP contribution in [0.5, 0.6) is 0 Å². The van der Waals surface area contributed by atoms with E-state index in [1.165, 1.54) is 17.7 Å². The summed E-state index contributed by atoms with van der Waals surface area (Å²) in [6.07, 6.45) is 7.11. The van der Waals surface area contributed by atoms with Crippen molar-refractivity contribution in [2.24, 2.45) is 5.92 Å². The van der Waals surface area contributed by atoms with Crippen molar-refractivity contribution in [1.82, 2.24) is 25.4 Å². The van der Waals surface area contributed by atoms with Crippen LogP contribution in [0.3, 0.4) is 0 Å². The van der Waals surface area contributed by atoms with Gasteiger partial charge in [0.15, 0.2) is 0 Å². The average molecular weight is 651 g/mol. The van der Waals surface area contributed by atoms with E-state index in [4.69, 9.17) is 0 Å². The van der Waals surface area contributed by atoms with Gasteiger partial charge in [-0.05, 0) is 51.0 Å². The fraction of sp³-hybridized carbons (Fsp3) is 0.600. The van der Waals surface area contributed by atoms with Gasteiger partial charge in [0, 0.05) is 42.0 Å². The number of para-hydroxylation sites is 1. The molecule has 47 heavy (non-hydrogen) atoms. The molecule has 0 bridgehead atoms. The number of amides is 4. The molecular formula is C35H48N5O7-. The number of piperidine rings is 1. The predicted octanol–water partition coefficient (Wildman–Crippen LogP) is 2.45. The highest BCUT2D eigenvalue weighted by Crippen LogP contribution is 2.31. The van der Waals surface area contributed by atoms with Crippen LogP contribution in [0, 0.1) is 5.92 Å². The third kappa shape index (κ3) is 8.20. The highest BCUT2D eigenvalue weighted by Gasteiger charge is 2.41. The molecule has 12 heteroatoms. The first-order valence-electron chi connectivity index (χ1n) is 17.0. The number of aliphatic carboxylic acids is 1. The van der Waals surface area contributed by atoms with Crippen molar-refractivity contribution >= 4 is 46.3 Å². The Kier molecular flexibility index (Phi) is 12.2. The number of aromatic nitrogens is 1. The Labute approximate surface area is 276 Å². The van der Waals surface area contributed by atoms with E-state index >= 15 is 0 Å². The van der Waals surface area contributed by atoms with E-state index in [1.54, 1.807) is 29.2 Å². The highest BCUT2D eigenvalue weighted by atomic mass is 16.4. The molecule has 0 aliphatic carbocycles. The van der Waals surface area contributed by atoms with Crippen LogP contribution < -0.4 is 21.1 Å². The van der Waals surface area contributed by atoms with Gasteiger partial charge >= 0.3 is 0 Å². The van der Waals surface area contributed by atoms with Crippen LogP contribution in [0.15, 0.2) is 30.5 Å². The number of carbonyl (C=O) groups excluding carboxylic acids is 6. The number of benzene rings is 1. The lowest BCUT2D eigenvalue weighted by atomic mass is 9.93. The van der Waals surface area contributed by atoms with Crippen LogP contribution >= 0.6 is 0 Å². The fourth-order valence-corrected chi connectivity index (χ4v) is 6.55. The van der Waals surface area contributed by atoms with Crippen molar-refractivity contribution in [3.8, 4) is 0 Å². The molecule has 0 saturated carbocycles. The molecule has 2 aliphatic heterocycles. The topological polar surface area (TPSA) is 170 Å². The maximum Gasteiger partial charge on any atom is 0.247 e. The van der Waals surface area contributed by atoms with E-state index in [0.29, 0.717) is 68.0 Å². The third-order valence-corrected chi connectivity index (χ3v) is 9.73. The van der Waals surface area contributed by atoms with E-state index in [1.807, 2.05) is 20.8 Å². The summed E-state index contributed by atoms with van der Waals surface area (Å²) in [6, 6.07) is 1.87. The van der Waals surface area contributed by atoms with Gasteiger partial charge in [-0.25, -0.2) is 0 Å². The van der Waals surface area contributed by atoms with Gasteiger partial charge in [-0.15, -0.1) is 0 Å². The SMILES string of the molecule is CCC(=O)CCCCCC1NC(=O)C2CCCCN2C(=O)C(C(C)CC)NC(=O)C(c2cn(C(C)C(=O)[O-])c3ccccc23)NC1=O. The predicted molar refractivity (Wildman–Crippen MR) is 174 cm³/mol. The first-order chi connectivity index (χ1) is 22.5. The summed E-state index contributed by atoms with van der Waals surface area (Å²) in [4.78, 5) is 81.5. The number of carboxylic acid groups (broad SMARTS) is 1. The second-order valence-corrected chi connectivity index (χ2v) is 12.9. The van der Waals surface area contributed by atoms with Gasteiger partial charge in [-0.3, -0.25) is 24.0 Å². The molecule has 12 nitrogen and oxygen atoms in total. The molecule has 3 heterocycles. The molecule has 2 fully saturated rings. The van der Waals surface area contributed by atoms with E-state index in [2.05, 4.69) is 16.0 Å². The smallest absolute Gasteiger partial charge is 0.247 e. The quantitative estimate of drug-likeness (QED) is 0.296. The maximum absolute atomic E-state index is 14.3. The Morgan fingerprint density at radius 2 is 1.68 bits per heavy atom. The lowest BCUT2D eigenvalue weighted by molar-refractivity contribution is -0.309. The summed E-state index contributed by atoms with van der Waals surface area (Å²) in [5, 5.41) is 21.1. The Balaban J connectivity index is 1.77. The molecule has 0 radical (unpaired) electrons. The Morgan fingerprint density at radius 1 is 0.936 bits per heavy atom. The number of Topliss-reactive ketones (excluding diaryl/α,β-unsaturated/α-hetero) is 1. The summed E-state index contributed by atoms with van der Waals surface area (Å²) in [7, 11) is 0. The summed E-state index contributed by atoms with van der Waals surface area (Å²) in [5.74, 6) is -3.36. The van der Waals surface area contributed by atoms with Crippen molar-refractivity contribution in [2.45, 2.75) is 122 Å². The Bertz CT molecular complexity index is 1490. The van der Waals surface area contributed by atoms with Crippen molar-refractivity contribution in [3.63, 3.8) is 0 Å². The van der Waals surface area contributed by atoms with Crippen LogP contribution in [0.4, 0.5) is 0 Å². The number of hydrogen-bond acceptors (Lipinski definition) is 7. The molecule has 0 spiro atoms. The number of hydrogen-bond donors (Lipinski definition) is 3. The van der Waals surface area contributed by atoms with Gasteiger partial charge in [0.25, 0.3) is 0 Å². The molecule has 4 rings (SSSR count). The summed E-state index contributed by atoms with van der Waals surface area (Å²) in [6.45, 7) is 7.43. The molecule has 4 amide bonds. The molecule has 3 N–H and O–H groups in total. The largest absolute Gasteiger partial charge is 0.548 e. The van der Waals surface area contributed by atoms with Crippen LogP contribution in [-0.4, -0.2) is 69.5 Å². The van der Waals surface area contributed by atoms with Gasteiger partial charge in [-0.1, -0.05) is 58.2 Å². The third-order valence-electron chi connectivity index (χ3n) is 9.73. The van der Waals surface area contributed by atoms with E-state index in [9.17, 15) is 33.9 Å². The number of carboxylic acids is 1. The van der Waals surface area contributed by atoms with Gasteiger partial charge in [0.1, 0.15) is 30.0 Å². The van der Waals surface area contributed by atoms with E-state index in [-0.39, 0.29) is 24.0 Å². The Hall–Kier alpha value is -4.22. The molecule has 1 aromatic heterocycles. The van der Waals surface area contributed by atoms with Crippen molar-refractivity contribution in [2.75, 3.05) is 6.54 Å². The van der Waals surface area contributed by atoms with Crippen molar-refractivity contribution < 1.29 is 33.9 Å². The van der Waals surface area contributed by atoms with Gasteiger partial charge in [0.05, 0.1) is 12.0 Å². The number of nitrogens with zero attached hydrogens (tertiary/aromatic N) is 2. The number of fused-ring (bicyclic) bond motifs is 2. The van der Waals surface area contributed by atoms with E-state index < -0.39 is 53.9 Å². The highest BCUT2D eigenvalue weighted by molar-refractivity contribution is 6.00. The normalized spacial score (nSPS) is 23.9. The van der Waals surface area contributed by atoms with Crippen LogP contribution in [0.1, 0.15) is 110 Å². The zero-order valence-corrected chi connectivity index (χ0v) is 27.9. The summed E-state index contributed by atoms with van der Waals surface area (Å²) < 4.78 is 1.49. The van der Waals surface area contributed by atoms with Gasteiger partial charge in [0.2, 0.25) is 23.6 Å². The number of nitrogens with one attached hydrogen (secondary N) is 3. The number of carbonyl (C=O) groups is 6. The number of unbranched alkanes of at least 4 members (excludes halogenated alkanes) is 2. The second-order valence-electron chi connectivity index (χ2n) is 12.9. The van der Waals surface area contributed by atoms with Gasteiger partial charge < -0.3 is 35.3 Å². The molecule has 2 aromatic rings. The van der Waals surface area contributed by atoms with Gasteiger partial charge in [-0.2, -0.15) is 0 Å². The molecular weight excluding hydrogens is 602 g/mol. The zero-order valence-electron chi connectivity index (χ0n) is 27.9. The number of rotatable bonds is 12. The monoisotopic (exact) mass is 650 g/mol. The lowest BCUT2D eigenvalue weighted by Gasteiger charge is -2.39. The zero-order chi connectivity index (χ0) is 34.2. The molecule has 256 valence electrons. The molecule has 1 aromatic carbocycles. The lowest BCUT2D eigenvalue weighted by Crippen LogP contribution is -2.62. The summed E-state index contributed by atoms with van der Waals surface area (Å²) in [5.41, 5.74) is 0.885. The minimum atomic E-state index is -1.31. The van der Waals surface area contributed by atoms with Crippen molar-refractivity contribution in [1.29, 1.82) is 0 Å². The Morgan fingerprint density at radius 3 is 2.38 bits per heavy atom. The molecule has 2 aliphatic rings. The second kappa shape index (κ2) is 16.1. The average Bonchev–Trinajstić information content (AvgIpc) is 3.46. The number of ketones is 1. The van der Waals surface area contributed by atoms with Crippen LogP contribution in [-0.2, 0) is 28.8 Å². The van der Waals surface area contributed by atoms with Crippen molar-refractivity contribution in [3.05, 3.63) is 36.0 Å². The maximum atomic E-state index is 14.3. The van der Waals surface area contributed by atoms with Crippen LogP contribution in [0.2, 0.25) is 0 Å². The molecule has 6 atom stereocenters. The first-order valence-corrected chi connectivity index (χ1v) is 17.0. The van der Waals surface area contributed by atoms with E-state index in [0.717, 1.165) is 12.8 Å². The van der Waals surface area contributed by atoms with Crippen LogP contribution in [0.25, 0.3) is 10.9 Å². The standard InChI is InChI=1S/C35H49N5O7/c1-5-21(3)29-34(45)39-19-13-12-18-28(39)32(43)36-26(16-9-7-8-14-23(41)6-2)31(42)38-30(33(44)37-29)25-20-40(22(4)35(46)47)27-17-11-10-15-24(25)27/h10-11,15,17,20-22,26,28-30H,5-9,12-14,16,18-19H2,1-4H3,(H,36,43)(H,37,44)(H,38,42)(H,46,47)/p-1. The summed E-state index contributed by atoms with van der Waals surface area (Å²) >= 11 is 0.